The first-order valence-electron chi connectivity index (χ1n) is 7.80. The number of ether oxygens (including phenoxy) is 1. The minimum absolute atomic E-state index is 0.0251. The van der Waals surface area contributed by atoms with Crippen molar-refractivity contribution in [3.63, 3.8) is 0 Å². The zero-order valence-corrected chi connectivity index (χ0v) is 13.6. The van der Waals surface area contributed by atoms with Gasteiger partial charge in [-0.3, -0.25) is 4.79 Å². The van der Waals surface area contributed by atoms with Gasteiger partial charge < -0.3 is 21.0 Å². The van der Waals surface area contributed by atoms with Crippen LogP contribution in [0.5, 0.6) is 0 Å². The number of amidine groups is 1. The van der Waals surface area contributed by atoms with Crippen molar-refractivity contribution < 1.29 is 14.7 Å². The first kappa shape index (κ1) is 17.8. The number of nitrogens with zero attached hydrogens (tertiary/aromatic N) is 1. The lowest BCUT2D eigenvalue weighted by Crippen LogP contribution is -2.51. The second kappa shape index (κ2) is 7.64. The summed E-state index contributed by atoms with van der Waals surface area (Å²) in [6, 6.07) is 0.0823. The minimum atomic E-state index is -0.601. The molecule has 0 radical (unpaired) electrons. The van der Waals surface area contributed by atoms with Crippen molar-refractivity contribution in [3.05, 3.63) is 0 Å². The molecule has 1 heterocycles. The van der Waals surface area contributed by atoms with Crippen LogP contribution in [0.1, 0.15) is 53.4 Å². The Hall–Kier alpha value is -1.30. The van der Waals surface area contributed by atoms with Gasteiger partial charge in [0.1, 0.15) is 5.92 Å². The molecule has 1 amide bonds. The number of amides is 1. The molecule has 122 valence electrons. The van der Waals surface area contributed by atoms with E-state index in [-0.39, 0.29) is 29.3 Å². The fourth-order valence-electron chi connectivity index (χ4n) is 3.03. The van der Waals surface area contributed by atoms with E-state index in [0.717, 1.165) is 25.7 Å². The highest BCUT2D eigenvalue weighted by molar-refractivity contribution is 6.02. The third kappa shape index (κ3) is 4.33. The Morgan fingerprint density at radius 2 is 2.10 bits per heavy atom. The summed E-state index contributed by atoms with van der Waals surface area (Å²) in [5.41, 5.74) is 5.51. The van der Waals surface area contributed by atoms with E-state index in [1.54, 1.807) is 0 Å². The molecule has 1 saturated heterocycles. The van der Waals surface area contributed by atoms with Gasteiger partial charge in [-0.2, -0.15) is 0 Å². The van der Waals surface area contributed by atoms with E-state index in [9.17, 15) is 4.79 Å². The van der Waals surface area contributed by atoms with Crippen molar-refractivity contribution in [3.8, 4) is 0 Å². The Balaban J connectivity index is 2.73. The quantitative estimate of drug-likeness (QED) is 0.302. The second-order valence-corrected chi connectivity index (χ2v) is 6.18. The van der Waals surface area contributed by atoms with Gasteiger partial charge in [0.2, 0.25) is 5.91 Å². The van der Waals surface area contributed by atoms with E-state index in [0.29, 0.717) is 6.61 Å². The fraction of sp³-hybridized carbons (Fsp3) is 0.867. The van der Waals surface area contributed by atoms with Crippen molar-refractivity contribution in [1.29, 1.82) is 0 Å². The van der Waals surface area contributed by atoms with Crippen molar-refractivity contribution in [2.24, 2.45) is 22.7 Å². The average Bonchev–Trinajstić information content (AvgIpc) is 2.46. The molecule has 0 aromatic carbocycles. The number of hydrogen-bond donors (Lipinski definition) is 3. The normalized spacial score (nSPS) is 23.9. The maximum Gasteiger partial charge on any atom is 0.231 e. The Labute approximate surface area is 127 Å². The Morgan fingerprint density at radius 3 is 2.57 bits per heavy atom. The van der Waals surface area contributed by atoms with Gasteiger partial charge in [0.05, 0.1) is 5.60 Å². The van der Waals surface area contributed by atoms with Crippen LogP contribution >= 0.6 is 0 Å². The summed E-state index contributed by atoms with van der Waals surface area (Å²) < 4.78 is 5.91. The van der Waals surface area contributed by atoms with E-state index < -0.39 is 5.92 Å². The van der Waals surface area contributed by atoms with Crippen molar-refractivity contribution in [1.82, 2.24) is 5.32 Å². The topological polar surface area (TPSA) is 96.9 Å². The number of oxime groups is 1. The molecule has 4 N–H and O–H groups in total. The maximum atomic E-state index is 12.4. The van der Waals surface area contributed by atoms with Crippen LogP contribution in [0, 0.1) is 11.8 Å². The van der Waals surface area contributed by atoms with E-state index in [2.05, 4.69) is 24.3 Å². The molecular formula is C15H29N3O3. The molecule has 2 atom stereocenters. The van der Waals surface area contributed by atoms with Crippen LogP contribution in [-0.2, 0) is 9.53 Å². The SMILES string of the molecule is CCC1(CC)CC(NC(=O)C(C(N)=NO)C(C)C)CCO1. The van der Waals surface area contributed by atoms with Gasteiger partial charge in [0, 0.05) is 12.6 Å². The Morgan fingerprint density at radius 1 is 1.48 bits per heavy atom. The highest BCUT2D eigenvalue weighted by Crippen LogP contribution is 2.31. The van der Waals surface area contributed by atoms with Crippen molar-refractivity contribution >= 4 is 11.7 Å². The lowest BCUT2D eigenvalue weighted by Gasteiger charge is -2.40. The lowest BCUT2D eigenvalue weighted by molar-refractivity contribution is -0.128. The molecule has 0 saturated carbocycles. The van der Waals surface area contributed by atoms with Gasteiger partial charge in [0.25, 0.3) is 0 Å². The Kier molecular flexibility index (Phi) is 6.45. The Bertz CT molecular complexity index is 378. The number of hydrogen-bond acceptors (Lipinski definition) is 4. The molecule has 0 aromatic rings. The molecule has 1 rings (SSSR count). The molecule has 0 bridgehead atoms. The summed E-state index contributed by atoms with van der Waals surface area (Å²) in [5, 5.41) is 14.9. The van der Waals surface area contributed by atoms with Gasteiger partial charge in [-0.15, -0.1) is 0 Å². The number of nitrogens with one attached hydrogen (secondary N) is 1. The lowest BCUT2D eigenvalue weighted by atomic mass is 9.85. The molecule has 21 heavy (non-hydrogen) atoms. The fourth-order valence-corrected chi connectivity index (χ4v) is 3.03. The molecular weight excluding hydrogens is 270 g/mol. The molecule has 1 fully saturated rings. The molecule has 2 unspecified atom stereocenters. The summed E-state index contributed by atoms with van der Waals surface area (Å²) in [5.74, 6) is -0.835. The summed E-state index contributed by atoms with van der Waals surface area (Å²) >= 11 is 0. The summed E-state index contributed by atoms with van der Waals surface area (Å²) in [6.07, 6.45) is 3.48. The van der Waals surface area contributed by atoms with Crippen LogP contribution < -0.4 is 11.1 Å². The predicted molar refractivity (Wildman–Crippen MR) is 82.2 cm³/mol. The van der Waals surface area contributed by atoms with E-state index >= 15 is 0 Å². The summed E-state index contributed by atoms with van der Waals surface area (Å²) in [7, 11) is 0. The number of carbonyl (C=O) groups excluding carboxylic acids is 1. The third-order valence-electron chi connectivity index (χ3n) is 4.51. The van der Waals surface area contributed by atoms with Gasteiger partial charge in [-0.05, 0) is 31.6 Å². The summed E-state index contributed by atoms with van der Waals surface area (Å²) in [4.78, 5) is 12.4. The van der Waals surface area contributed by atoms with Gasteiger partial charge in [0.15, 0.2) is 5.84 Å². The predicted octanol–water partition coefficient (Wildman–Crippen LogP) is 1.86. The molecule has 0 spiro atoms. The van der Waals surface area contributed by atoms with E-state index in [1.165, 1.54) is 0 Å². The smallest absolute Gasteiger partial charge is 0.231 e. The number of nitrogens with two attached hydrogens (primary N) is 1. The van der Waals surface area contributed by atoms with Crippen LogP contribution in [0.25, 0.3) is 0 Å². The molecule has 1 aliphatic heterocycles. The molecule has 0 aromatic heterocycles. The zero-order chi connectivity index (χ0) is 16.0. The highest BCUT2D eigenvalue weighted by Gasteiger charge is 2.36. The summed E-state index contributed by atoms with van der Waals surface area (Å²) in [6.45, 7) is 8.65. The first-order chi connectivity index (χ1) is 9.89. The highest BCUT2D eigenvalue weighted by atomic mass is 16.5. The first-order valence-corrected chi connectivity index (χ1v) is 7.80. The largest absolute Gasteiger partial charge is 0.409 e. The van der Waals surface area contributed by atoms with Crippen LogP contribution in [-0.4, -0.2) is 35.2 Å². The average molecular weight is 299 g/mol. The molecule has 0 aliphatic carbocycles. The van der Waals surface area contributed by atoms with Crippen LogP contribution in [0.4, 0.5) is 0 Å². The zero-order valence-electron chi connectivity index (χ0n) is 13.6. The maximum absolute atomic E-state index is 12.4. The van der Waals surface area contributed by atoms with Crippen LogP contribution in [0.15, 0.2) is 5.16 Å². The van der Waals surface area contributed by atoms with Crippen molar-refractivity contribution in [2.45, 2.75) is 65.0 Å². The minimum Gasteiger partial charge on any atom is -0.409 e. The molecule has 6 nitrogen and oxygen atoms in total. The number of carbonyl (C=O) groups is 1. The van der Waals surface area contributed by atoms with Crippen LogP contribution in [0.2, 0.25) is 0 Å². The van der Waals surface area contributed by atoms with E-state index in [4.69, 9.17) is 15.7 Å². The third-order valence-corrected chi connectivity index (χ3v) is 4.51. The molecule has 1 aliphatic rings. The number of rotatable bonds is 6. The molecule has 6 heteroatoms. The van der Waals surface area contributed by atoms with E-state index in [1.807, 2.05) is 13.8 Å². The van der Waals surface area contributed by atoms with Crippen molar-refractivity contribution in [2.75, 3.05) is 6.61 Å². The van der Waals surface area contributed by atoms with Crippen LogP contribution in [0.3, 0.4) is 0 Å². The van der Waals surface area contributed by atoms with Gasteiger partial charge in [-0.1, -0.05) is 32.9 Å². The second-order valence-electron chi connectivity index (χ2n) is 6.18. The monoisotopic (exact) mass is 299 g/mol. The van der Waals surface area contributed by atoms with Gasteiger partial charge in [-0.25, -0.2) is 0 Å². The van der Waals surface area contributed by atoms with Gasteiger partial charge >= 0.3 is 0 Å². The standard InChI is InChI=1S/C15H29N3O3/c1-5-15(6-2)9-11(7-8-21-15)17-14(19)12(10(3)4)13(16)18-20/h10-12,20H,5-9H2,1-4H3,(H2,16,18)(H,17,19).